The van der Waals surface area contributed by atoms with Crippen LogP contribution in [0, 0.1) is 0 Å². The minimum atomic E-state index is 0.418. The highest BCUT2D eigenvalue weighted by Crippen LogP contribution is 2.38. The number of rotatable bonds is 10. The third kappa shape index (κ3) is 5.05. The Balaban J connectivity index is 1.21. The van der Waals surface area contributed by atoms with E-state index < -0.39 is 0 Å². The smallest absolute Gasteiger partial charge is 0.256 e. The number of hydrogen-bond acceptors (Lipinski definition) is 7. The zero-order valence-electron chi connectivity index (χ0n) is 17.6. The Morgan fingerprint density at radius 2 is 1.66 bits per heavy atom. The van der Waals surface area contributed by atoms with Crippen LogP contribution in [0.15, 0.2) is 6.20 Å². The van der Waals surface area contributed by atoms with Gasteiger partial charge >= 0.3 is 0 Å². The number of nitrogen functional groups attached to an aromatic ring is 1. The summed E-state index contributed by atoms with van der Waals surface area (Å²) < 4.78 is 24.0. The lowest BCUT2D eigenvalue weighted by atomic mass is 9.89. The number of ether oxygens (including phenoxy) is 4. The van der Waals surface area contributed by atoms with E-state index in [1.54, 1.807) is 7.11 Å². The van der Waals surface area contributed by atoms with Crippen molar-refractivity contribution in [1.82, 2.24) is 14.7 Å². The molecule has 3 fully saturated rings. The van der Waals surface area contributed by atoms with Gasteiger partial charge in [0.05, 0.1) is 45.3 Å². The van der Waals surface area contributed by atoms with Crippen LogP contribution in [0.4, 0.5) is 5.69 Å². The highest BCUT2D eigenvalue weighted by molar-refractivity contribution is 5.46. The maximum Gasteiger partial charge on any atom is 0.256 e. The summed E-state index contributed by atoms with van der Waals surface area (Å²) in [5, 5.41) is 4.64. The van der Waals surface area contributed by atoms with E-state index >= 15 is 0 Å². The second-order valence-electron chi connectivity index (χ2n) is 8.51. The molecule has 0 radical (unpaired) electrons. The molecule has 1 aliphatic carbocycles. The number of nitrogens with zero attached hydrogens (tertiary/aromatic N) is 3. The van der Waals surface area contributed by atoms with Gasteiger partial charge in [-0.05, 0) is 38.5 Å². The van der Waals surface area contributed by atoms with E-state index in [-0.39, 0.29) is 0 Å². The molecule has 1 aromatic rings. The molecule has 164 valence electrons. The molecule has 0 amide bonds. The first-order valence-electron chi connectivity index (χ1n) is 11.2. The Kier molecular flexibility index (Phi) is 7.29. The maximum absolute atomic E-state index is 6.14. The molecule has 0 spiro atoms. The third-order valence-electron chi connectivity index (χ3n) is 6.59. The molecule has 4 rings (SSSR count). The molecule has 1 aromatic heterocycles. The van der Waals surface area contributed by atoms with Gasteiger partial charge in [-0.1, -0.05) is 0 Å². The normalized spacial score (nSPS) is 30.0. The van der Waals surface area contributed by atoms with Gasteiger partial charge in [-0.25, -0.2) is 0 Å². The Morgan fingerprint density at radius 1 is 0.966 bits per heavy atom. The van der Waals surface area contributed by atoms with E-state index in [1.165, 1.54) is 25.7 Å². The molecule has 2 atom stereocenters. The van der Waals surface area contributed by atoms with Gasteiger partial charge < -0.3 is 24.7 Å². The minimum Gasteiger partial charge on any atom is -0.475 e. The average Bonchev–Trinajstić information content (AvgIpc) is 3.23. The summed E-state index contributed by atoms with van der Waals surface area (Å²) in [6, 6.07) is 2.42. The molecule has 2 unspecified atom stereocenters. The number of fused-ring (bicyclic) bond motifs is 2. The van der Waals surface area contributed by atoms with Crippen LogP contribution in [-0.2, 0) is 14.2 Å². The number of anilines is 1. The predicted molar refractivity (Wildman–Crippen MR) is 110 cm³/mol. The van der Waals surface area contributed by atoms with Crippen molar-refractivity contribution in [2.45, 2.75) is 69.1 Å². The van der Waals surface area contributed by atoms with E-state index in [9.17, 15) is 0 Å². The topological polar surface area (TPSA) is 84.0 Å². The molecule has 3 aliphatic rings. The van der Waals surface area contributed by atoms with Gasteiger partial charge in [0.15, 0.2) is 0 Å². The second-order valence-corrected chi connectivity index (χ2v) is 8.51. The zero-order valence-corrected chi connectivity index (χ0v) is 17.6. The van der Waals surface area contributed by atoms with Crippen LogP contribution in [0.3, 0.4) is 0 Å². The molecule has 1 saturated carbocycles. The van der Waals surface area contributed by atoms with Crippen LogP contribution >= 0.6 is 0 Å². The number of aromatic nitrogens is 2. The van der Waals surface area contributed by atoms with E-state index in [4.69, 9.17) is 24.7 Å². The van der Waals surface area contributed by atoms with Gasteiger partial charge in [-0.2, -0.15) is 0 Å². The molecule has 2 aliphatic heterocycles. The average molecular weight is 409 g/mol. The van der Waals surface area contributed by atoms with Crippen molar-refractivity contribution in [3.63, 3.8) is 0 Å². The van der Waals surface area contributed by atoms with Gasteiger partial charge in [0.25, 0.3) is 5.88 Å². The van der Waals surface area contributed by atoms with Gasteiger partial charge in [-0.15, -0.1) is 5.10 Å². The highest BCUT2D eigenvalue weighted by atomic mass is 16.5. The van der Waals surface area contributed by atoms with E-state index in [1.807, 2.05) is 10.9 Å². The lowest BCUT2D eigenvalue weighted by Crippen LogP contribution is -2.52. The SMILES string of the molecule is COCCOCCCOc1nn([C@H]2CC[C@H](N3C4CCC3COC4)CC2)cc1N. The molecule has 29 heavy (non-hydrogen) atoms. The number of nitrogens with two attached hydrogens (primary N) is 1. The van der Waals surface area contributed by atoms with Gasteiger partial charge in [0.2, 0.25) is 0 Å². The quantitative estimate of drug-likeness (QED) is 0.595. The van der Waals surface area contributed by atoms with Crippen molar-refractivity contribution in [2.75, 3.05) is 52.5 Å². The summed E-state index contributed by atoms with van der Waals surface area (Å²) in [6.45, 7) is 4.28. The van der Waals surface area contributed by atoms with Gasteiger partial charge in [0, 0.05) is 38.3 Å². The van der Waals surface area contributed by atoms with Crippen molar-refractivity contribution < 1.29 is 18.9 Å². The molecule has 0 aromatic carbocycles. The highest BCUT2D eigenvalue weighted by Gasteiger charge is 2.42. The number of methoxy groups -OCH3 is 1. The monoisotopic (exact) mass is 408 g/mol. The van der Waals surface area contributed by atoms with Crippen LogP contribution in [0.2, 0.25) is 0 Å². The predicted octanol–water partition coefficient (Wildman–Crippen LogP) is 2.24. The second kappa shape index (κ2) is 10.1. The Bertz CT molecular complexity index is 616. The first-order chi connectivity index (χ1) is 14.3. The summed E-state index contributed by atoms with van der Waals surface area (Å²) >= 11 is 0. The van der Waals surface area contributed by atoms with Crippen molar-refractivity contribution in [1.29, 1.82) is 0 Å². The molecule has 2 bridgehead atoms. The number of hydrogen-bond donors (Lipinski definition) is 1. The third-order valence-corrected chi connectivity index (χ3v) is 6.59. The van der Waals surface area contributed by atoms with Crippen LogP contribution < -0.4 is 10.5 Å². The minimum absolute atomic E-state index is 0.418. The van der Waals surface area contributed by atoms with Crippen molar-refractivity contribution in [3.8, 4) is 5.88 Å². The van der Waals surface area contributed by atoms with Crippen LogP contribution in [-0.4, -0.2) is 79.6 Å². The molecule has 2 saturated heterocycles. The Hall–Kier alpha value is -1.35. The lowest BCUT2D eigenvalue weighted by Gasteiger charge is -2.43. The lowest BCUT2D eigenvalue weighted by molar-refractivity contribution is -0.0458. The van der Waals surface area contributed by atoms with Crippen molar-refractivity contribution >= 4 is 5.69 Å². The summed E-state index contributed by atoms with van der Waals surface area (Å²) in [4.78, 5) is 2.78. The first kappa shape index (κ1) is 20.9. The maximum atomic E-state index is 6.14. The molecular weight excluding hydrogens is 372 g/mol. The molecule has 3 heterocycles. The fourth-order valence-electron chi connectivity index (χ4n) is 5.14. The fraction of sp³-hybridized carbons (Fsp3) is 0.857. The summed E-state index contributed by atoms with van der Waals surface area (Å²) in [6.07, 6.45) is 10.1. The van der Waals surface area contributed by atoms with Crippen molar-refractivity contribution in [2.24, 2.45) is 0 Å². The van der Waals surface area contributed by atoms with E-state index in [2.05, 4.69) is 10.00 Å². The van der Waals surface area contributed by atoms with Crippen molar-refractivity contribution in [3.05, 3.63) is 6.20 Å². The largest absolute Gasteiger partial charge is 0.475 e. The fourth-order valence-corrected chi connectivity index (χ4v) is 5.14. The summed E-state index contributed by atoms with van der Waals surface area (Å²) in [5.74, 6) is 0.551. The Labute approximate surface area is 173 Å². The van der Waals surface area contributed by atoms with E-state index in [0.29, 0.717) is 62.2 Å². The molecule has 2 N–H and O–H groups in total. The van der Waals surface area contributed by atoms with Gasteiger partial charge in [0.1, 0.15) is 5.69 Å². The van der Waals surface area contributed by atoms with E-state index in [0.717, 1.165) is 32.5 Å². The zero-order chi connectivity index (χ0) is 20.1. The van der Waals surface area contributed by atoms with Gasteiger partial charge in [-0.3, -0.25) is 9.58 Å². The number of morpholine rings is 1. The molecule has 8 heteroatoms. The first-order valence-corrected chi connectivity index (χ1v) is 11.2. The molecular formula is C21H36N4O4. The van der Waals surface area contributed by atoms with Crippen LogP contribution in [0.5, 0.6) is 5.88 Å². The standard InChI is InChI=1S/C21H36N4O4/c1-26-11-12-27-9-2-10-29-21-20(22)13-24(23-21)16-3-5-17(6-4-16)25-18-7-8-19(25)15-28-14-18/h13,16-19H,2-12,14-15,22H2,1H3/t16-,17-,18?,19?. The Morgan fingerprint density at radius 3 is 2.38 bits per heavy atom. The summed E-state index contributed by atoms with van der Waals surface area (Å²) in [5.41, 5.74) is 6.76. The van der Waals surface area contributed by atoms with Crippen LogP contribution in [0.1, 0.15) is 51.0 Å². The van der Waals surface area contributed by atoms with Crippen LogP contribution in [0.25, 0.3) is 0 Å². The molecule has 8 nitrogen and oxygen atoms in total. The summed E-state index contributed by atoms with van der Waals surface area (Å²) in [7, 11) is 1.67.